The molecule has 0 amide bonds. The van der Waals surface area contributed by atoms with Gasteiger partial charge in [0.25, 0.3) is 0 Å². The molecule has 3 heteroatoms. The van der Waals surface area contributed by atoms with Crippen molar-refractivity contribution in [1.82, 2.24) is 0 Å². The predicted octanol–water partition coefficient (Wildman–Crippen LogP) is 2.96. The third kappa shape index (κ3) is 3.19. The number of hydrogen-bond donors (Lipinski definition) is 1. The molecule has 3 rings (SSSR count). The molecular weight excluding hydrogens is 262 g/mol. The van der Waals surface area contributed by atoms with Crippen LogP contribution in [-0.4, -0.2) is 19.3 Å². The van der Waals surface area contributed by atoms with Crippen LogP contribution in [0.25, 0.3) is 0 Å². The van der Waals surface area contributed by atoms with Crippen LogP contribution >= 0.6 is 0 Å². The minimum Gasteiger partial charge on any atom is -0.497 e. The first-order valence-electron chi connectivity index (χ1n) is 7.31. The Bertz CT molecular complexity index is 582. The van der Waals surface area contributed by atoms with Crippen LogP contribution in [0.5, 0.6) is 11.5 Å². The van der Waals surface area contributed by atoms with Gasteiger partial charge in [0.15, 0.2) is 0 Å². The van der Waals surface area contributed by atoms with Crippen molar-refractivity contribution in [3.05, 3.63) is 59.7 Å². The highest BCUT2D eigenvalue weighted by Crippen LogP contribution is 2.30. The van der Waals surface area contributed by atoms with Gasteiger partial charge in [0.05, 0.1) is 13.7 Å². The molecule has 1 aliphatic rings. The summed E-state index contributed by atoms with van der Waals surface area (Å²) in [6, 6.07) is 16.2. The molecule has 3 nitrogen and oxygen atoms in total. The van der Waals surface area contributed by atoms with Gasteiger partial charge in [0, 0.05) is 12.0 Å². The molecule has 0 radical (unpaired) electrons. The van der Waals surface area contributed by atoms with Gasteiger partial charge >= 0.3 is 0 Å². The van der Waals surface area contributed by atoms with E-state index < -0.39 is 0 Å². The summed E-state index contributed by atoms with van der Waals surface area (Å²) < 4.78 is 10.9. The Hall–Kier alpha value is -2.00. The van der Waals surface area contributed by atoms with Crippen molar-refractivity contribution >= 4 is 0 Å². The Morgan fingerprint density at radius 2 is 1.52 bits per heavy atom. The van der Waals surface area contributed by atoms with Crippen LogP contribution in [0.15, 0.2) is 48.5 Å². The molecule has 110 valence electrons. The summed E-state index contributed by atoms with van der Waals surface area (Å²) in [5.41, 5.74) is 9.11. The van der Waals surface area contributed by atoms with E-state index in [1.165, 1.54) is 11.1 Å². The largest absolute Gasteiger partial charge is 0.497 e. The molecule has 0 saturated heterocycles. The average Bonchev–Trinajstić information content (AvgIpc) is 2.84. The number of methoxy groups -OCH3 is 1. The standard InChI is InChI=1S/C18H21NO2/c1-20-16-6-8-17(9-7-16)21-11-10-18(19)12-14-4-2-3-5-15(14)13-18/h2-9H,10-13,19H2,1H3. The number of ether oxygens (including phenoxy) is 2. The summed E-state index contributed by atoms with van der Waals surface area (Å²) in [6.45, 7) is 0.636. The summed E-state index contributed by atoms with van der Waals surface area (Å²) >= 11 is 0. The van der Waals surface area contributed by atoms with Gasteiger partial charge in [-0.3, -0.25) is 0 Å². The maximum Gasteiger partial charge on any atom is 0.119 e. The number of benzene rings is 2. The lowest BCUT2D eigenvalue weighted by atomic mass is 9.93. The molecule has 1 aliphatic carbocycles. The molecule has 0 aromatic heterocycles. The van der Waals surface area contributed by atoms with E-state index in [1.54, 1.807) is 7.11 Å². The van der Waals surface area contributed by atoms with Crippen molar-refractivity contribution in [3.63, 3.8) is 0 Å². The fourth-order valence-corrected chi connectivity index (χ4v) is 2.94. The molecule has 2 aromatic carbocycles. The lowest BCUT2D eigenvalue weighted by molar-refractivity contribution is 0.260. The van der Waals surface area contributed by atoms with Crippen molar-refractivity contribution in [2.24, 2.45) is 5.73 Å². The quantitative estimate of drug-likeness (QED) is 0.917. The maximum absolute atomic E-state index is 6.52. The fraction of sp³-hybridized carbons (Fsp3) is 0.333. The predicted molar refractivity (Wildman–Crippen MR) is 83.9 cm³/mol. The topological polar surface area (TPSA) is 44.5 Å². The Labute approximate surface area is 125 Å². The maximum atomic E-state index is 6.52. The second-order valence-corrected chi connectivity index (χ2v) is 5.76. The molecule has 0 aliphatic heterocycles. The van der Waals surface area contributed by atoms with Crippen LogP contribution in [0.2, 0.25) is 0 Å². The van der Waals surface area contributed by atoms with E-state index in [0.29, 0.717) is 6.61 Å². The molecular formula is C18H21NO2. The Morgan fingerprint density at radius 3 is 2.10 bits per heavy atom. The molecule has 0 unspecified atom stereocenters. The van der Waals surface area contributed by atoms with Gasteiger partial charge in [-0.05, 0) is 48.2 Å². The van der Waals surface area contributed by atoms with Crippen LogP contribution in [0.4, 0.5) is 0 Å². The van der Waals surface area contributed by atoms with Gasteiger partial charge in [-0.25, -0.2) is 0 Å². The summed E-state index contributed by atoms with van der Waals surface area (Å²) in [4.78, 5) is 0. The lowest BCUT2D eigenvalue weighted by Crippen LogP contribution is -2.42. The van der Waals surface area contributed by atoms with Crippen molar-refractivity contribution in [1.29, 1.82) is 0 Å². The summed E-state index contributed by atoms with van der Waals surface area (Å²) in [5.74, 6) is 1.69. The van der Waals surface area contributed by atoms with Gasteiger partial charge in [-0.15, -0.1) is 0 Å². The normalized spacial score (nSPS) is 15.5. The van der Waals surface area contributed by atoms with Crippen LogP contribution in [0.3, 0.4) is 0 Å². The second-order valence-electron chi connectivity index (χ2n) is 5.76. The molecule has 0 fully saturated rings. The third-order valence-corrected chi connectivity index (χ3v) is 4.13. The van der Waals surface area contributed by atoms with Gasteiger partial charge in [0.1, 0.15) is 11.5 Å². The number of nitrogens with two attached hydrogens (primary N) is 1. The zero-order valence-electron chi connectivity index (χ0n) is 12.3. The van der Waals surface area contributed by atoms with E-state index in [-0.39, 0.29) is 5.54 Å². The zero-order chi connectivity index (χ0) is 14.7. The molecule has 0 atom stereocenters. The highest BCUT2D eigenvalue weighted by molar-refractivity contribution is 5.36. The molecule has 2 N–H and O–H groups in total. The smallest absolute Gasteiger partial charge is 0.119 e. The van der Waals surface area contributed by atoms with E-state index in [4.69, 9.17) is 15.2 Å². The van der Waals surface area contributed by atoms with E-state index in [2.05, 4.69) is 24.3 Å². The van der Waals surface area contributed by atoms with Crippen LogP contribution in [-0.2, 0) is 12.8 Å². The first-order chi connectivity index (χ1) is 10.2. The number of rotatable bonds is 5. The average molecular weight is 283 g/mol. The van der Waals surface area contributed by atoms with Crippen molar-refractivity contribution < 1.29 is 9.47 Å². The van der Waals surface area contributed by atoms with Crippen LogP contribution in [0.1, 0.15) is 17.5 Å². The SMILES string of the molecule is COc1ccc(OCCC2(N)Cc3ccccc3C2)cc1. The van der Waals surface area contributed by atoms with Crippen LogP contribution in [0, 0.1) is 0 Å². The van der Waals surface area contributed by atoms with E-state index in [0.717, 1.165) is 30.8 Å². The van der Waals surface area contributed by atoms with Gasteiger partial charge in [-0.2, -0.15) is 0 Å². The van der Waals surface area contributed by atoms with E-state index in [1.807, 2.05) is 24.3 Å². The number of fused-ring (bicyclic) bond motifs is 1. The molecule has 21 heavy (non-hydrogen) atoms. The molecule has 0 spiro atoms. The minimum atomic E-state index is -0.170. The van der Waals surface area contributed by atoms with E-state index in [9.17, 15) is 0 Å². The fourth-order valence-electron chi connectivity index (χ4n) is 2.94. The summed E-state index contributed by atoms with van der Waals surface area (Å²) in [5, 5.41) is 0. The lowest BCUT2D eigenvalue weighted by Gasteiger charge is -2.23. The van der Waals surface area contributed by atoms with Crippen molar-refractivity contribution in [3.8, 4) is 11.5 Å². The van der Waals surface area contributed by atoms with Gasteiger partial charge in [-0.1, -0.05) is 24.3 Å². The Kier molecular flexibility index (Phi) is 3.84. The monoisotopic (exact) mass is 283 g/mol. The summed E-state index contributed by atoms with van der Waals surface area (Å²) in [7, 11) is 1.66. The Morgan fingerprint density at radius 1 is 0.952 bits per heavy atom. The second kappa shape index (κ2) is 5.78. The highest BCUT2D eigenvalue weighted by atomic mass is 16.5. The third-order valence-electron chi connectivity index (χ3n) is 4.13. The molecule has 0 heterocycles. The van der Waals surface area contributed by atoms with Gasteiger partial charge < -0.3 is 15.2 Å². The summed E-state index contributed by atoms with van der Waals surface area (Å²) in [6.07, 6.45) is 2.73. The first-order valence-corrected chi connectivity index (χ1v) is 7.31. The van der Waals surface area contributed by atoms with Crippen LogP contribution < -0.4 is 15.2 Å². The van der Waals surface area contributed by atoms with Gasteiger partial charge in [0.2, 0.25) is 0 Å². The molecule has 0 bridgehead atoms. The van der Waals surface area contributed by atoms with E-state index >= 15 is 0 Å². The first kappa shape index (κ1) is 14.0. The van der Waals surface area contributed by atoms with Crippen molar-refractivity contribution in [2.45, 2.75) is 24.8 Å². The highest BCUT2D eigenvalue weighted by Gasteiger charge is 2.32. The Balaban J connectivity index is 1.54. The number of hydrogen-bond acceptors (Lipinski definition) is 3. The minimum absolute atomic E-state index is 0.170. The molecule has 2 aromatic rings. The van der Waals surface area contributed by atoms with Crippen molar-refractivity contribution in [2.75, 3.05) is 13.7 Å². The zero-order valence-corrected chi connectivity index (χ0v) is 12.3. The molecule has 0 saturated carbocycles.